The van der Waals surface area contributed by atoms with Crippen molar-refractivity contribution in [3.8, 4) is 5.75 Å². The molecule has 0 atom stereocenters. The SMILES string of the molecule is Cc1c(O)cccc1NS(=O)(=O)NC1CC1. The predicted octanol–water partition coefficient (Wildman–Crippen LogP) is 1.11. The Balaban J connectivity index is 2.16. The van der Waals surface area contributed by atoms with Crippen molar-refractivity contribution in [3.05, 3.63) is 23.8 Å². The van der Waals surface area contributed by atoms with Crippen LogP contribution in [0.3, 0.4) is 0 Å². The van der Waals surface area contributed by atoms with E-state index < -0.39 is 10.2 Å². The van der Waals surface area contributed by atoms with Crippen molar-refractivity contribution in [2.45, 2.75) is 25.8 Å². The molecule has 1 aromatic rings. The number of hydrogen-bond acceptors (Lipinski definition) is 3. The molecule has 0 aliphatic heterocycles. The molecular formula is C10H14N2O3S. The van der Waals surface area contributed by atoms with Gasteiger partial charge in [0.1, 0.15) is 5.75 Å². The summed E-state index contributed by atoms with van der Waals surface area (Å²) in [5.41, 5.74) is 0.914. The standard InChI is InChI=1S/C10H14N2O3S/c1-7-9(3-2-4-10(7)13)12-16(14,15)11-8-5-6-8/h2-4,8,11-13H,5-6H2,1H3. The number of hydrogen-bond donors (Lipinski definition) is 3. The maximum atomic E-state index is 11.6. The summed E-state index contributed by atoms with van der Waals surface area (Å²) in [6.45, 7) is 1.66. The van der Waals surface area contributed by atoms with Crippen molar-refractivity contribution in [3.63, 3.8) is 0 Å². The van der Waals surface area contributed by atoms with Gasteiger partial charge in [-0.3, -0.25) is 4.72 Å². The molecule has 16 heavy (non-hydrogen) atoms. The fourth-order valence-corrected chi connectivity index (χ4v) is 2.57. The highest BCUT2D eigenvalue weighted by Gasteiger charge is 2.27. The number of phenols is 1. The number of benzene rings is 1. The zero-order valence-electron chi connectivity index (χ0n) is 8.90. The van der Waals surface area contributed by atoms with Crippen molar-refractivity contribution in [2.24, 2.45) is 0 Å². The molecule has 0 bridgehead atoms. The Morgan fingerprint density at radius 1 is 1.38 bits per heavy atom. The van der Waals surface area contributed by atoms with Crippen molar-refractivity contribution < 1.29 is 13.5 Å². The predicted molar refractivity (Wildman–Crippen MR) is 61.5 cm³/mol. The number of anilines is 1. The van der Waals surface area contributed by atoms with Gasteiger partial charge in [0.2, 0.25) is 0 Å². The molecule has 1 aromatic carbocycles. The molecule has 6 heteroatoms. The highest BCUT2D eigenvalue weighted by Crippen LogP contribution is 2.25. The van der Waals surface area contributed by atoms with Crippen LogP contribution in [0.2, 0.25) is 0 Å². The lowest BCUT2D eigenvalue weighted by molar-refractivity contribution is 0.471. The van der Waals surface area contributed by atoms with Crippen LogP contribution in [-0.4, -0.2) is 19.6 Å². The average Bonchev–Trinajstić information content (AvgIpc) is 2.95. The summed E-state index contributed by atoms with van der Waals surface area (Å²) in [6, 6.07) is 4.79. The molecule has 88 valence electrons. The van der Waals surface area contributed by atoms with Crippen molar-refractivity contribution in [2.75, 3.05) is 4.72 Å². The van der Waals surface area contributed by atoms with Crippen LogP contribution in [0.15, 0.2) is 18.2 Å². The van der Waals surface area contributed by atoms with E-state index in [1.807, 2.05) is 0 Å². The summed E-state index contributed by atoms with van der Waals surface area (Å²) in [7, 11) is -3.52. The summed E-state index contributed by atoms with van der Waals surface area (Å²) in [5, 5.41) is 9.44. The summed E-state index contributed by atoms with van der Waals surface area (Å²) in [5.74, 6) is 0.0756. The molecule has 1 aliphatic rings. The van der Waals surface area contributed by atoms with Crippen LogP contribution in [0.1, 0.15) is 18.4 Å². The van der Waals surface area contributed by atoms with Crippen LogP contribution >= 0.6 is 0 Å². The molecule has 0 amide bonds. The van der Waals surface area contributed by atoms with Gasteiger partial charge in [0.05, 0.1) is 5.69 Å². The van der Waals surface area contributed by atoms with Crippen LogP contribution in [0.4, 0.5) is 5.69 Å². The Morgan fingerprint density at radius 2 is 2.06 bits per heavy atom. The first-order valence-corrected chi connectivity index (χ1v) is 6.55. The zero-order chi connectivity index (χ0) is 11.8. The molecule has 1 aliphatic carbocycles. The number of phenolic OH excluding ortho intramolecular Hbond substituents is 1. The van der Waals surface area contributed by atoms with E-state index in [-0.39, 0.29) is 11.8 Å². The second-order valence-electron chi connectivity index (χ2n) is 3.95. The smallest absolute Gasteiger partial charge is 0.299 e. The quantitative estimate of drug-likeness (QED) is 0.740. The maximum absolute atomic E-state index is 11.6. The van der Waals surface area contributed by atoms with Gasteiger partial charge in [0.25, 0.3) is 10.2 Å². The monoisotopic (exact) mass is 242 g/mol. The molecule has 0 radical (unpaired) electrons. The van der Waals surface area contributed by atoms with Gasteiger partial charge in [-0.15, -0.1) is 0 Å². The topological polar surface area (TPSA) is 78.4 Å². The molecule has 0 heterocycles. The number of aromatic hydroxyl groups is 1. The molecule has 2 rings (SSSR count). The Kier molecular flexibility index (Phi) is 2.77. The minimum atomic E-state index is -3.52. The molecule has 0 saturated heterocycles. The van der Waals surface area contributed by atoms with E-state index in [2.05, 4.69) is 9.44 Å². The van der Waals surface area contributed by atoms with Crippen molar-refractivity contribution >= 4 is 15.9 Å². The second-order valence-corrected chi connectivity index (χ2v) is 5.39. The van der Waals surface area contributed by atoms with E-state index >= 15 is 0 Å². The summed E-state index contributed by atoms with van der Waals surface area (Å²) in [6.07, 6.45) is 1.78. The van der Waals surface area contributed by atoms with Gasteiger partial charge in [-0.2, -0.15) is 13.1 Å². The lowest BCUT2D eigenvalue weighted by Gasteiger charge is -2.11. The van der Waals surface area contributed by atoms with Gasteiger partial charge < -0.3 is 5.11 Å². The molecule has 3 N–H and O–H groups in total. The second kappa shape index (κ2) is 3.95. The summed E-state index contributed by atoms with van der Waals surface area (Å²) in [4.78, 5) is 0. The van der Waals surface area contributed by atoms with Gasteiger partial charge in [0.15, 0.2) is 0 Å². The van der Waals surface area contributed by atoms with Crippen LogP contribution in [0, 0.1) is 6.92 Å². The minimum absolute atomic E-state index is 0.0649. The third-order valence-corrected chi connectivity index (χ3v) is 3.58. The van der Waals surface area contributed by atoms with Gasteiger partial charge in [-0.25, -0.2) is 0 Å². The Morgan fingerprint density at radius 3 is 2.69 bits per heavy atom. The maximum Gasteiger partial charge on any atom is 0.299 e. The Labute approximate surface area is 94.7 Å². The first-order chi connectivity index (χ1) is 7.48. The van der Waals surface area contributed by atoms with E-state index in [1.165, 1.54) is 6.07 Å². The fraction of sp³-hybridized carbons (Fsp3) is 0.400. The summed E-state index contributed by atoms with van der Waals surface area (Å²) >= 11 is 0. The highest BCUT2D eigenvalue weighted by molar-refractivity contribution is 7.90. The molecule has 1 saturated carbocycles. The van der Waals surface area contributed by atoms with Gasteiger partial charge >= 0.3 is 0 Å². The van der Waals surface area contributed by atoms with E-state index in [0.717, 1.165) is 12.8 Å². The van der Waals surface area contributed by atoms with E-state index in [4.69, 9.17) is 0 Å². The van der Waals surface area contributed by atoms with Gasteiger partial charge in [-0.1, -0.05) is 6.07 Å². The number of rotatable bonds is 4. The Bertz CT molecular complexity index is 495. The normalized spacial score (nSPS) is 16.1. The Hall–Kier alpha value is -1.27. The van der Waals surface area contributed by atoms with Gasteiger partial charge in [0, 0.05) is 11.6 Å². The number of nitrogens with one attached hydrogen (secondary N) is 2. The first kappa shape index (κ1) is 11.2. The highest BCUT2D eigenvalue weighted by atomic mass is 32.2. The first-order valence-electron chi connectivity index (χ1n) is 5.06. The molecule has 1 fully saturated rings. The van der Waals surface area contributed by atoms with Gasteiger partial charge in [-0.05, 0) is 31.9 Å². The van der Waals surface area contributed by atoms with Crippen LogP contribution in [-0.2, 0) is 10.2 Å². The molecule has 0 unspecified atom stereocenters. The average molecular weight is 242 g/mol. The fourth-order valence-electron chi connectivity index (χ4n) is 1.33. The van der Waals surface area contributed by atoms with Crippen LogP contribution in [0.25, 0.3) is 0 Å². The third kappa shape index (κ3) is 2.65. The zero-order valence-corrected chi connectivity index (χ0v) is 9.71. The van der Waals surface area contributed by atoms with Crippen LogP contribution in [0.5, 0.6) is 5.75 Å². The molecule has 0 aromatic heterocycles. The van der Waals surface area contributed by atoms with E-state index in [1.54, 1.807) is 19.1 Å². The molecule has 0 spiro atoms. The summed E-state index contributed by atoms with van der Waals surface area (Å²) < 4.78 is 28.1. The lowest BCUT2D eigenvalue weighted by atomic mass is 10.2. The van der Waals surface area contributed by atoms with E-state index in [0.29, 0.717) is 11.3 Å². The largest absolute Gasteiger partial charge is 0.508 e. The third-order valence-electron chi connectivity index (χ3n) is 2.45. The molecular weight excluding hydrogens is 228 g/mol. The molecule has 5 nitrogen and oxygen atoms in total. The van der Waals surface area contributed by atoms with Crippen molar-refractivity contribution in [1.29, 1.82) is 0 Å². The minimum Gasteiger partial charge on any atom is -0.508 e. The van der Waals surface area contributed by atoms with E-state index in [9.17, 15) is 13.5 Å². The van der Waals surface area contributed by atoms with Crippen molar-refractivity contribution in [1.82, 2.24) is 4.72 Å². The van der Waals surface area contributed by atoms with Crippen LogP contribution < -0.4 is 9.44 Å². The lowest BCUT2D eigenvalue weighted by Crippen LogP contribution is -2.31.